The molecule has 0 spiro atoms. The minimum atomic E-state index is -3.68. The summed E-state index contributed by atoms with van der Waals surface area (Å²) in [6.45, 7) is 6.41. The topological polar surface area (TPSA) is 83.7 Å². The monoisotopic (exact) mass is 311 g/mol. The van der Waals surface area contributed by atoms with Crippen molar-refractivity contribution in [3.05, 3.63) is 29.8 Å². The van der Waals surface area contributed by atoms with Crippen molar-refractivity contribution in [3.63, 3.8) is 0 Å². The maximum absolute atomic E-state index is 12.7. The number of nitrogens with zero attached hydrogens (tertiary/aromatic N) is 2. The van der Waals surface area contributed by atoms with Crippen LogP contribution in [0.25, 0.3) is 0 Å². The molecule has 7 heteroatoms. The Morgan fingerprint density at radius 1 is 1.14 bits per heavy atom. The van der Waals surface area contributed by atoms with Crippen LogP contribution in [0.3, 0.4) is 0 Å². The lowest BCUT2D eigenvalue weighted by atomic mass is 10.2. The second-order valence-corrected chi connectivity index (χ2v) is 7.30. The third-order valence-corrected chi connectivity index (χ3v) is 5.73. The summed E-state index contributed by atoms with van der Waals surface area (Å²) in [5, 5.41) is 0. The van der Waals surface area contributed by atoms with E-state index >= 15 is 0 Å². The second-order valence-electron chi connectivity index (χ2n) is 5.39. The molecule has 0 saturated carbocycles. The van der Waals surface area contributed by atoms with Gasteiger partial charge in [-0.2, -0.15) is 4.31 Å². The van der Waals surface area contributed by atoms with Gasteiger partial charge in [0, 0.05) is 32.2 Å². The number of sulfonamides is 1. The molecule has 1 amide bonds. The fraction of sp³-hybridized carbons (Fsp3) is 0.500. The fourth-order valence-electron chi connectivity index (χ4n) is 2.49. The van der Waals surface area contributed by atoms with Crippen molar-refractivity contribution in [2.45, 2.75) is 24.8 Å². The maximum atomic E-state index is 12.7. The molecule has 2 N–H and O–H groups in total. The van der Waals surface area contributed by atoms with Gasteiger partial charge in [0.1, 0.15) is 0 Å². The molecule has 1 saturated heterocycles. The van der Waals surface area contributed by atoms with Gasteiger partial charge < -0.3 is 5.73 Å². The van der Waals surface area contributed by atoms with Crippen LogP contribution < -0.4 is 5.73 Å². The van der Waals surface area contributed by atoms with Crippen molar-refractivity contribution in [3.8, 4) is 0 Å². The molecular weight excluding hydrogens is 290 g/mol. The third-order valence-electron chi connectivity index (χ3n) is 3.77. The molecular formula is C14H21N3O3S. The van der Waals surface area contributed by atoms with Gasteiger partial charge in [0.2, 0.25) is 15.9 Å². The zero-order valence-electron chi connectivity index (χ0n) is 12.3. The molecule has 1 heterocycles. The summed E-state index contributed by atoms with van der Waals surface area (Å²) >= 11 is 0. The summed E-state index contributed by atoms with van der Waals surface area (Å²) < 4.78 is 26.8. The van der Waals surface area contributed by atoms with E-state index in [0.29, 0.717) is 32.2 Å². The van der Waals surface area contributed by atoms with Crippen molar-refractivity contribution in [1.29, 1.82) is 0 Å². The normalized spacial score (nSPS) is 18.0. The van der Waals surface area contributed by atoms with E-state index in [1.807, 2.05) is 0 Å². The highest BCUT2D eigenvalue weighted by Crippen LogP contribution is 2.21. The molecule has 21 heavy (non-hydrogen) atoms. The number of primary amides is 1. The van der Waals surface area contributed by atoms with Gasteiger partial charge in [-0.3, -0.25) is 9.69 Å². The summed E-state index contributed by atoms with van der Waals surface area (Å²) in [7, 11) is -3.68. The van der Waals surface area contributed by atoms with E-state index in [0.717, 1.165) is 0 Å². The number of carbonyl (C=O) groups excluding carboxylic acids is 1. The van der Waals surface area contributed by atoms with Crippen molar-refractivity contribution < 1.29 is 13.2 Å². The smallest absolute Gasteiger partial charge is 0.250 e. The van der Waals surface area contributed by atoms with E-state index in [9.17, 15) is 13.2 Å². The molecule has 0 unspecified atom stereocenters. The van der Waals surface area contributed by atoms with Gasteiger partial charge in [-0.1, -0.05) is 12.1 Å². The summed E-state index contributed by atoms with van der Waals surface area (Å²) in [6.07, 6.45) is 0. The SMILES string of the molecule is CC(C)N1CCN(S(=O)(=O)c2ccccc2C(N)=O)CC1. The van der Waals surface area contributed by atoms with E-state index in [4.69, 9.17) is 5.73 Å². The van der Waals surface area contributed by atoms with Crippen molar-refractivity contribution in [1.82, 2.24) is 9.21 Å². The summed E-state index contributed by atoms with van der Waals surface area (Å²) in [4.78, 5) is 13.6. The standard InChI is InChI=1S/C14H21N3O3S/c1-11(2)16-7-9-17(10-8-16)21(19,20)13-6-4-3-5-12(13)14(15)18/h3-6,11H,7-10H2,1-2H3,(H2,15,18). The Balaban J connectivity index is 2.26. The summed E-state index contributed by atoms with van der Waals surface area (Å²) in [6, 6.07) is 6.48. The molecule has 0 atom stereocenters. The maximum Gasteiger partial charge on any atom is 0.250 e. The number of carbonyl (C=O) groups is 1. The first-order valence-electron chi connectivity index (χ1n) is 6.97. The summed E-state index contributed by atoms with van der Waals surface area (Å²) in [5.74, 6) is -0.727. The van der Waals surface area contributed by atoms with Crippen molar-refractivity contribution >= 4 is 15.9 Å². The van der Waals surface area contributed by atoms with Crippen LogP contribution in [-0.4, -0.2) is 55.8 Å². The van der Waals surface area contributed by atoms with Crippen LogP contribution >= 0.6 is 0 Å². The molecule has 1 aliphatic heterocycles. The summed E-state index contributed by atoms with van der Waals surface area (Å²) in [5.41, 5.74) is 5.32. The second kappa shape index (κ2) is 6.13. The van der Waals surface area contributed by atoms with Gasteiger partial charge in [0.05, 0.1) is 10.5 Å². The largest absolute Gasteiger partial charge is 0.366 e. The van der Waals surface area contributed by atoms with Gasteiger partial charge in [0.15, 0.2) is 0 Å². The van der Waals surface area contributed by atoms with Crippen LogP contribution in [-0.2, 0) is 10.0 Å². The predicted molar refractivity (Wildman–Crippen MR) is 80.4 cm³/mol. The lowest BCUT2D eigenvalue weighted by molar-refractivity contribution is 0.0996. The van der Waals surface area contributed by atoms with Gasteiger partial charge in [0.25, 0.3) is 0 Å². The third kappa shape index (κ3) is 3.25. The highest BCUT2D eigenvalue weighted by atomic mass is 32.2. The van der Waals surface area contributed by atoms with Crippen molar-refractivity contribution in [2.24, 2.45) is 5.73 Å². The molecule has 1 fully saturated rings. The van der Waals surface area contributed by atoms with Gasteiger partial charge >= 0.3 is 0 Å². The van der Waals surface area contributed by atoms with Crippen LogP contribution in [0, 0.1) is 0 Å². The molecule has 1 aromatic carbocycles. The molecule has 0 aliphatic carbocycles. The van der Waals surface area contributed by atoms with Crippen LogP contribution in [0.5, 0.6) is 0 Å². The first kappa shape index (κ1) is 15.9. The number of piperazine rings is 1. The van der Waals surface area contributed by atoms with Crippen LogP contribution in [0.15, 0.2) is 29.2 Å². The number of amides is 1. The Morgan fingerprint density at radius 3 is 2.24 bits per heavy atom. The van der Waals surface area contributed by atoms with E-state index in [-0.39, 0.29) is 10.5 Å². The Hall–Kier alpha value is -1.44. The molecule has 2 rings (SSSR count). The number of benzene rings is 1. The molecule has 0 radical (unpaired) electrons. The fourth-order valence-corrected chi connectivity index (χ4v) is 4.11. The Labute approximate surface area is 125 Å². The molecule has 0 aromatic heterocycles. The van der Waals surface area contributed by atoms with Crippen LogP contribution in [0.1, 0.15) is 24.2 Å². The first-order valence-corrected chi connectivity index (χ1v) is 8.41. The minimum absolute atomic E-state index is 0.00417. The quantitative estimate of drug-likeness (QED) is 0.877. The number of hydrogen-bond acceptors (Lipinski definition) is 4. The average Bonchev–Trinajstić information content (AvgIpc) is 2.47. The molecule has 1 aromatic rings. The Bertz CT molecular complexity index is 620. The molecule has 6 nitrogen and oxygen atoms in total. The lowest BCUT2D eigenvalue weighted by Gasteiger charge is -2.36. The van der Waals surface area contributed by atoms with Crippen LogP contribution in [0.4, 0.5) is 0 Å². The number of hydrogen-bond donors (Lipinski definition) is 1. The Morgan fingerprint density at radius 2 is 1.71 bits per heavy atom. The molecule has 1 aliphatic rings. The average molecular weight is 311 g/mol. The zero-order chi connectivity index (χ0) is 15.6. The highest BCUT2D eigenvalue weighted by Gasteiger charge is 2.31. The van der Waals surface area contributed by atoms with Crippen LogP contribution in [0.2, 0.25) is 0 Å². The van der Waals surface area contributed by atoms with Gasteiger partial charge in [-0.25, -0.2) is 8.42 Å². The zero-order valence-corrected chi connectivity index (χ0v) is 13.1. The van der Waals surface area contributed by atoms with Gasteiger partial charge in [-0.05, 0) is 26.0 Å². The number of rotatable bonds is 4. The predicted octanol–water partition coefficient (Wildman–Crippen LogP) is 0.500. The van der Waals surface area contributed by atoms with Crippen molar-refractivity contribution in [2.75, 3.05) is 26.2 Å². The van der Waals surface area contributed by atoms with Gasteiger partial charge in [-0.15, -0.1) is 0 Å². The first-order chi connectivity index (χ1) is 9.84. The Kier molecular flexibility index (Phi) is 4.65. The van der Waals surface area contributed by atoms with E-state index in [1.54, 1.807) is 12.1 Å². The van der Waals surface area contributed by atoms with E-state index in [1.165, 1.54) is 16.4 Å². The van der Waals surface area contributed by atoms with E-state index in [2.05, 4.69) is 18.7 Å². The minimum Gasteiger partial charge on any atom is -0.366 e. The molecule has 116 valence electrons. The lowest BCUT2D eigenvalue weighted by Crippen LogP contribution is -2.50. The number of nitrogens with two attached hydrogens (primary N) is 1. The molecule has 0 bridgehead atoms. The van der Waals surface area contributed by atoms with E-state index < -0.39 is 15.9 Å². The highest BCUT2D eigenvalue weighted by molar-refractivity contribution is 7.89.